The van der Waals surface area contributed by atoms with Crippen molar-refractivity contribution in [2.24, 2.45) is 5.92 Å². The van der Waals surface area contributed by atoms with E-state index in [9.17, 15) is 4.79 Å². The third kappa shape index (κ3) is 2.09. The number of amides is 1. The fraction of sp³-hybridized carbons (Fsp3) is 0.385. The molecule has 1 saturated heterocycles. The number of nitrogens with one attached hydrogen (secondary N) is 3. The Morgan fingerprint density at radius 2 is 2.39 bits per heavy atom. The van der Waals surface area contributed by atoms with Crippen LogP contribution in [0.25, 0.3) is 10.9 Å². The second kappa shape index (κ2) is 4.78. The highest BCUT2D eigenvalue weighted by molar-refractivity contribution is 6.01. The predicted molar refractivity (Wildman–Crippen MR) is 70.3 cm³/mol. The molecule has 18 heavy (non-hydrogen) atoms. The van der Waals surface area contributed by atoms with Gasteiger partial charge in [-0.25, -0.2) is 0 Å². The molecule has 0 radical (unpaired) electrons. The summed E-state index contributed by atoms with van der Waals surface area (Å²) < 4.78 is 0. The van der Waals surface area contributed by atoms with Gasteiger partial charge in [-0.1, -0.05) is 6.07 Å². The Kier molecular flexibility index (Phi) is 2.98. The highest BCUT2D eigenvalue weighted by Crippen LogP contribution is 2.22. The Bertz CT molecular complexity index is 557. The normalized spacial score (nSPS) is 19.9. The summed E-state index contributed by atoms with van der Waals surface area (Å²) >= 11 is 0. The van der Waals surface area contributed by atoms with Crippen molar-refractivity contribution in [3.8, 4) is 0 Å². The van der Waals surface area contributed by atoms with Crippen molar-refractivity contribution in [2.75, 3.05) is 18.4 Å². The van der Waals surface area contributed by atoms with Gasteiger partial charge in [0.25, 0.3) is 0 Å². The number of hydrogen-bond acceptors (Lipinski definition) is 3. The topological polar surface area (TPSA) is 69.8 Å². The minimum Gasteiger partial charge on any atom is -0.325 e. The molecule has 1 fully saturated rings. The number of carbonyl (C=O) groups excluding carboxylic acids is 1. The molecule has 2 aromatic rings. The quantitative estimate of drug-likeness (QED) is 0.749. The molecule has 5 nitrogen and oxygen atoms in total. The van der Waals surface area contributed by atoms with Crippen LogP contribution in [0.3, 0.4) is 0 Å². The maximum Gasteiger partial charge on any atom is 0.228 e. The molecule has 3 N–H and O–H groups in total. The van der Waals surface area contributed by atoms with Gasteiger partial charge < -0.3 is 10.6 Å². The van der Waals surface area contributed by atoms with Crippen LogP contribution in [0.1, 0.15) is 12.8 Å². The summed E-state index contributed by atoms with van der Waals surface area (Å²) in [6.07, 6.45) is 3.76. The molecule has 1 amide bonds. The van der Waals surface area contributed by atoms with Crippen LogP contribution in [0.5, 0.6) is 0 Å². The Morgan fingerprint density at radius 1 is 1.44 bits per heavy atom. The first-order valence-electron chi connectivity index (χ1n) is 6.28. The molecule has 1 atom stereocenters. The molecular formula is C13H16N4O. The van der Waals surface area contributed by atoms with E-state index < -0.39 is 0 Å². The second-order valence-electron chi connectivity index (χ2n) is 4.67. The average Bonchev–Trinajstić information content (AvgIpc) is 2.89. The molecule has 1 aliphatic rings. The highest BCUT2D eigenvalue weighted by atomic mass is 16.1. The fourth-order valence-electron chi connectivity index (χ4n) is 2.39. The van der Waals surface area contributed by atoms with E-state index in [1.54, 1.807) is 6.20 Å². The number of H-pyrrole nitrogens is 1. The van der Waals surface area contributed by atoms with Crippen LogP contribution in [-0.4, -0.2) is 29.2 Å². The fourth-order valence-corrected chi connectivity index (χ4v) is 2.39. The van der Waals surface area contributed by atoms with Gasteiger partial charge in [0.15, 0.2) is 0 Å². The third-order valence-corrected chi connectivity index (χ3v) is 3.41. The van der Waals surface area contributed by atoms with Crippen molar-refractivity contribution in [1.29, 1.82) is 0 Å². The molecule has 1 aromatic carbocycles. The van der Waals surface area contributed by atoms with Crippen molar-refractivity contribution in [3.05, 3.63) is 24.4 Å². The number of hydrogen-bond donors (Lipinski definition) is 3. The van der Waals surface area contributed by atoms with E-state index in [1.165, 1.54) is 0 Å². The van der Waals surface area contributed by atoms with Crippen LogP contribution in [-0.2, 0) is 4.79 Å². The van der Waals surface area contributed by atoms with Gasteiger partial charge in [0.1, 0.15) is 0 Å². The number of aromatic amines is 1. The molecule has 0 saturated carbocycles. The largest absolute Gasteiger partial charge is 0.325 e. The first kappa shape index (κ1) is 11.2. The lowest BCUT2D eigenvalue weighted by Gasteiger charge is -2.22. The number of nitrogens with zero attached hydrogens (tertiary/aromatic N) is 1. The van der Waals surface area contributed by atoms with E-state index in [1.807, 2.05) is 18.2 Å². The van der Waals surface area contributed by atoms with E-state index in [-0.39, 0.29) is 11.8 Å². The first-order chi connectivity index (χ1) is 8.84. The zero-order valence-corrected chi connectivity index (χ0v) is 10.1. The number of carbonyl (C=O) groups is 1. The lowest BCUT2D eigenvalue weighted by atomic mass is 9.98. The van der Waals surface area contributed by atoms with E-state index in [4.69, 9.17) is 0 Å². The van der Waals surface area contributed by atoms with Crippen LogP contribution in [0.2, 0.25) is 0 Å². The summed E-state index contributed by atoms with van der Waals surface area (Å²) in [5, 5.41) is 14.1. The van der Waals surface area contributed by atoms with Gasteiger partial charge in [-0.15, -0.1) is 0 Å². The Morgan fingerprint density at radius 3 is 3.22 bits per heavy atom. The SMILES string of the molecule is O=C(Nc1cccc2[nH]ncc12)[C@H]1CCCNC1. The third-order valence-electron chi connectivity index (χ3n) is 3.41. The number of fused-ring (bicyclic) bond motifs is 1. The van der Waals surface area contributed by atoms with Gasteiger partial charge in [0.05, 0.1) is 23.3 Å². The molecule has 1 aromatic heterocycles. The standard InChI is InChI=1S/C13H16N4O/c18-13(9-3-2-6-14-7-9)16-11-4-1-5-12-10(11)8-15-17-12/h1,4-5,8-9,14H,2-3,6-7H2,(H,15,17)(H,16,18)/t9-/m0/s1. The lowest BCUT2D eigenvalue weighted by Crippen LogP contribution is -2.37. The number of aromatic nitrogens is 2. The highest BCUT2D eigenvalue weighted by Gasteiger charge is 2.21. The molecule has 5 heteroatoms. The van der Waals surface area contributed by atoms with Gasteiger partial charge in [0.2, 0.25) is 5.91 Å². The molecular weight excluding hydrogens is 228 g/mol. The van der Waals surface area contributed by atoms with Crippen LogP contribution >= 0.6 is 0 Å². The van der Waals surface area contributed by atoms with Crippen LogP contribution < -0.4 is 10.6 Å². The van der Waals surface area contributed by atoms with Gasteiger partial charge in [-0.2, -0.15) is 5.10 Å². The molecule has 94 valence electrons. The Labute approximate surface area is 105 Å². The van der Waals surface area contributed by atoms with E-state index in [0.29, 0.717) is 0 Å². The molecule has 2 heterocycles. The summed E-state index contributed by atoms with van der Waals surface area (Å²) in [5.41, 5.74) is 1.77. The minimum absolute atomic E-state index is 0.0703. The number of benzene rings is 1. The minimum atomic E-state index is 0.0703. The maximum atomic E-state index is 12.2. The van der Waals surface area contributed by atoms with Crippen LogP contribution in [0, 0.1) is 5.92 Å². The molecule has 0 aliphatic carbocycles. The van der Waals surface area contributed by atoms with Crippen molar-refractivity contribution in [2.45, 2.75) is 12.8 Å². The first-order valence-corrected chi connectivity index (χ1v) is 6.28. The second-order valence-corrected chi connectivity index (χ2v) is 4.67. The van der Waals surface area contributed by atoms with Crippen molar-refractivity contribution < 1.29 is 4.79 Å². The van der Waals surface area contributed by atoms with E-state index >= 15 is 0 Å². The number of anilines is 1. The summed E-state index contributed by atoms with van der Waals surface area (Å²) in [7, 11) is 0. The zero-order chi connectivity index (χ0) is 12.4. The van der Waals surface area contributed by atoms with Crippen LogP contribution in [0.4, 0.5) is 5.69 Å². The summed E-state index contributed by atoms with van der Waals surface area (Å²) in [5.74, 6) is 0.164. The van der Waals surface area contributed by atoms with Gasteiger partial charge in [-0.3, -0.25) is 9.89 Å². The van der Waals surface area contributed by atoms with Crippen molar-refractivity contribution in [1.82, 2.24) is 15.5 Å². The number of rotatable bonds is 2. The molecule has 3 rings (SSSR count). The smallest absolute Gasteiger partial charge is 0.228 e. The van der Waals surface area contributed by atoms with Gasteiger partial charge >= 0.3 is 0 Å². The van der Waals surface area contributed by atoms with Crippen molar-refractivity contribution >= 4 is 22.5 Å². The van der Waals surface area contributed by atoms with E-state index in [2.05, 4.69) is 20.8 Å². The molecule has 0 bridgehead atoms. The number of piperidine rings is 1. The summed E-state index contributed by atoms with van der Waals surface area (Å²) in [4.78, 5) is 12.2. The summed E-state index contributed by atoms with van der Waals surface area (Å²) in [6.45, 7) is 1.79. The maximum absolute atomic E-state index is 12.2. The molecule has 0 spiro atoms. The monoisotopic (exact) mass is 244 g/mol. The van der Waals surface area contributed by atoms with Crippen LogP contribution in [0.15, 0.2) is 24.4 Å². The Hall–Kier alpha value is -1.88. The molecule has 0 unspecified atom stereocenters. The molecule has 1 aliphatic heterocycles. The zero-order valence-electron chi connectivity index (χ0n) is 10.1. The average molecular weight is 244 g/mol. The Balaban J connectivity index is 1.79. The van der Waals surface area contributed by atoms with Gasteiger partial charge in [0, 0.05) is 11.9 Å². The van der Waals surface area contributed by atoms with Gasteiger partial charge in [-0.05, 0) is 31.5 Å². The van der Waals surface area contributed by atoms with Crippen molar-refractivity contribution in [3.63, 3.8) is 0 Å². The predicted octanol–water partition coefficient (Wildman–Crippen LogP) is 1.50. The lowest BCUT2D eigenvalue weighted by molar-refractivity contribution is -0.120. The van der Waals surface area contributed by atoms with E-state index in [0.717, 1.165) is 42.5 Å². The summed E-state index contributed by atoms with van der Waals surface area (Å²) in [6, 6.07) is 5.77.